The summed E-state index contributed by atoms with van der Waals surface area (Å²) in [5.41, 5.74) is -2.03. The Balaban J connectivity index is 2.46. The highest BCUT2D eigenvalue weighted by Crippen LogP contribution is 2.39. The normalized spacial score (nSPS) is 19.3. The summed E-state index contributed by atoms with van der Waals surface area (Å²) in [6.45, 7) is 9.26. The Morgan fingerprint density at radius 2 is 1.68 bits per heavy atom. The summed E-state index contributed by atoms with van der Waals surface area (Å²) in [5.74, 6) is -0.0771. The van der Waals surface area contributed by atoms with Gasteiger partial charge in [0.2, 0.25) is 0 Å². The SMILES string of the molecule is CCOCOc1cc(C(F)(F)F)cc(Cl)c1B1OC(C)(C)C(C)(C)O1. The average Bonchev–Trinajstić information content (AvgIpc) is 2.65. The molecule has 1 aromatic carbocycles. The van der Waals surface area contributed by atoms with Crippen LogP contribution in [0.3, 0.4) is 0 Å². The van der Waals surface area contributed by atoms with Gasteiger partial charge in [0, 0.05) is 17.1 Å². The van der Waals surface area contributed by atoms with Gasteiger partial charge in [-0.25, -0.2) is 0 Å². The lowest BCUT2D eigenvalue weighted by Gasteiger charge is -2.32. The predicted octanol–water partition coefficient (Wildman–Crippen LogP) is 4.03. The van der Waals surface area contributed by atoms with Gasteiger partial charge < -0.3 is 18.8 Å². The lowest BCUT2D eigenvalue weighted by molar-refractivity contribution is -0.137. The summed E-state index contributed by atoms with van der Waals surface area (Å²) in [6.07, 6.45) is -4.55. The molecule has 0 amide bonds. The van der Waals surface area contributed by atoms with Crippen molar-refractivity contribution < 1.29 is 32.0 Å². The molecule has 1 aliphatic heterocycles. The van der Waals surface area contributed by atoms with Crippen LogP contribution in [0.2, 0.25) is 5.02 Å². The van der Waals surface area contributed by atoms with E-state index in [-0.39, 0.29) is 23.0 Å². The zero-order valence-corrected chi connectivity index (χ0v) is 15.5. The van der Waals surface area contributed by atoms with Crippen molar-refractivity contribution in [2.75, 3.05) is 13.4 Å². The van der Waals surface area contributed by atoms with Gasteiger partial charge >= 0.3 is 13.3 Å². The summed E-state index contributed by atoms with van der Waals surface area (Å²) in [6, 6.07) is 1.72. The number of rotatable bonds is 5. The highest BCUT2D eigenvalue weighted by Gasteiger charge is 2.53. The first-order chi connectivity index (χ1) is 11.4. The van der Waals surface area contributed by atoms with E-state index in [1.165, 1.54) is 0 Å². The molecule has 1 aliphatic rings. The molecule has 1 fully saturated rings. The summed E-state index contributed by atoms with van der Waals surface area (Å²) in [7, 11) is -0.948. The first kappa shape index (κ1) is 20.4. The lowest BCUT2D eigenvalue weighted by atomic mass is 9.77. The van der Waals surface area contributed by atoms with Crippen LogP contribution in [0.4, 0.5) is 13.2 Å². The first-order valence-corrected chi connectivity index (χ1v) is 8.23. The van der Waals surface area contributed by atoms with E-state index in [1.54, 1.807) is 6.92 Å². The average molecular weight is 381 g/mol. The Morgan fingerprint density at radius 1 is 1.12 bits per heavy atom. The van der Waals surface area contributed by atoms with Crippen LogP contribution in [0.1, 0.15) is 40.2 Å². The zero-order chi connectivity index (χ0) is 19.0. The van der Waals surface area contributed by atoms with E-state index in [0.717, 1.165) is 12.1 Å². The van der Waals surface area contributed by atoms with Crippen molar-refractivity contribution in [3.05, 3.63) is 22.7 Å². The lowest BCUT2D eigenvalue weighted by Crippen LogP contribution is -2.41. The molecular weight excluding hydrogens is 359 g/mol. The van der Waals surface area contributed by atoms with Crippen molar-refractivity contribution in [1.82, 2.24) is 0 Å². The van der Waals surface area contributed by atoms with Gasteiger partial charge in [0.1, 0.15) is 5.75 Å². The minimum Gasteiger partial charge on any atom is -0.468 e. The third-order valence-electron chi connectivity index (χ3n) is 4.41. The topological polar surface area (TPSA) is 36.9 Å². The minimum absolute atomic E-state index is 0.0771. The first-order valence-electron chi connectivity index (χ1n) is 7.86. The van der Waals surface area contributed by atoms with E-state index in [0.29, 0.717) is 6.61 Å². The quantitative estimate of drug-likeness (QED) is 0.439. The van der Waals surface area contributed by atoms with Gasteiger partial charge in [0.05, 0.1) is 16.8 Å². The summed E-state index contributed by atoms with van der Waals surface area (Å²) in [4.78, 5) is 0. The molecule has 1 aromatic rings. The fraction of sp³-hybridized carbons (Fsp3) is 0.625. The standard InChI is InChI=1S/C16H21BClF3O4/c1-6-22-9-23-12-8-10(16(19,20)21)7-11(18)13(12)17-24-14(2,3)15(4,5)25-17/h7-8H,6,9H2,1-5H3. The molecule has 9 heteroatoms. The predicted molar refractivity (Wildman–Crippen MR) is 89.3 cm³/mol. The summed E-state index contributed by atoms with van der Waals surface area (Å²) in [5, 5.41) is -0.139. The molecule has 0 saturated carbocycles. The van der Waals surface area contributed by atoms with Crippen molar-refractivity contribution in [3.63, 3.8) is 0 Å². The molecule has 0 spiro atoms. The molecule has 0 atom stereocenters. The van der Waals surface area contributed by atoms with Gasteiger partial charge in [-0.15, -0.1) is 0 Å². The second kappa shape index (κ2) is 6.98. The van der Waals surface area contributed by atoms with Crippen molar-refractivity contribution >= 4 is 24.2 Å². The van der Waals surface area contributed by atoms with E-state index in [1.807, 2.05) is 27.7 Å². The minimum atomic E-state index is -4.55. The zero-order valence-electron chi connectivity index (χ0n) is 14.8. The maximum absolute atomic E-state index is 13.1. The molecular formula is C16H21BClF3O4. The smallest absolute Gasteiger partial charge is 0.468 e. The maximum Gasteiger partial charge on any atom is 0.500 e. The Morgan fingerprint density at radius 3 is 2.16 bits per heavy atom. The number of benzene rings is 1. The van der Waals surface area contributed by atoms with Gasteiger partial charge in [-0.1, -0.05) is 11.6 Å². The van der Waals surface area contributed by atoms with Crippen molar-refractivity contribution in [3.8, 4) is 5.75 Å². The fourth-order valence-corrected chi connectivity index (χ4v) is 2.55. The second-order valence-electron chi connectivity index (χ2n) is 6.71. The van der Waals surface area contributed by atoms with Crippen LogP contribution in [0.15, 0.2) is 12.1 Å². The van der Waals surface area contributed by atoms with Crippen LogP contribution in [0, 0.1) is 0 Å². The van der Waals surface area contributed by atoms with Crippen LogP contribution >= 0.6 is 11.6 Å². The Labute approximate surface area is 150 Å². The molecule has 1 saturated heterocycles. The molecule has 0 unspecified atom stereocenters. The van der Waals surface area contributed by atoms with Crippen molar-refractivity contribution in [1.29, 1.82) is 0 Å². The molecule has 25 heavy (non-hydrogen) atoms. The van der Waals surface area contributed by atoms with Crippen LogP contribution in [0.5, 0.6) is 5.75 Å². The number of hydrogen-bond acceptors (Lipinski definition) is 4. The van der Waals surface area contributed by atoms with Crippen molar-refractivity contribution in [2.45, 2.75) is 52.0 Å². The third-order valence-corrected chi connectivity index (χ3v) is 4.72. The van der Waals surface area contributed by atoms with Crippen LogP contribution in [0.25, 0.3) is 0 Å². The van der Waals surface area contributed by atoms with E-state index >= 15 is 0 Å². The number of halogens is 4. The maximum atomic E-state index is 13.1. The van der Waals surface area contributed by atoms with E-state index in [2.05, 4.69) is 0 Å². The van der Waals surface area contributed by atoms with Gasteiger partial charge in [-0.2, -0.15) is 13.2 Å². The molecule has 1 heterocycles. The molecule has 0 N–H and O–H groups in total. The van der Waals surface area contributed by atoms with Gasteiger partial charge in [0.25, 0.3) is 0 Å². The van der Waals surface area contributed by atoms with Crippen LogP contribution in [-0.2, 0) is 20.2 Å². The highest BCUT2D eigenvalue weighted by atomic mass is 35.5. The monoisotopic (exact) mass is 380 g/mol. The molecule has 0 bridgehead atoms. The van der Waals surface area contributed by atoms with E-state index < -0.39 is 30.1 Å². The van der Waals surface area contributed by atoms with Gasteiger partial charge in [0.15, 0.2) is 6.79 Å². The highest BCUT2D eigenvalue weighted by molar-refractivity contribution is 6.66. The van der Waals surface area contributed by atoms with Crippen LogP contribution in [-0.4, -0.2) is 31.7 Å². The number of alkyl halides is 3. The van der Waals surface area contributed by atoms with Gasteiger partial charge in [-0.05, 0) is 46.8 Å². The van der Waals surface area contributed by atoms with E-state index in [9.17, 15) is 13.2 Å². The van der Waals surface area contributed by atoms with E-state index in [4.69, 9.17) is 30.4 Å². The Bertz CT molecular complexity index is 619. The number of hydrogen-bond donors (Lipinski definition) is 0. The van der Waals surface area contributed by atoms with Gasteiger partial charge in [-0.3, -0.25) is 0 Å². The molecule has 0 radical (unpaired) electrons. The second-order valence-corrected chi connectivity index (χ2v) is 7.12. The largest absolute Gasteiger partial charge is 0.500 e. The summed E-state index contributed by atoms with van der Waals surface area (Å²) < 4.78 is 61.5. The molecule has 4 nitrogen and oxygen atoms in total. The fourth-order valence-electron chi connectivity index (χ4n) is 2.25. The van der Waals surface area contributed by atoms with Crippen molar-refractivity contribution in [2.24, 2.45) is 0 Å². The third kappa shape index (κ3) is 4.24. The molecule has 2 rings (SSSR count). The Hall–Kier alpha value is -0.955. The summed E-state index contributed by atoms with van der Waals surface area (Å²) >= 11 is 6.14. The molecule has 140 valence electrons. The molecule has 0 aliphatic carbocycles. The van der Waals surface area contributed by atoms with Crippen LogP contribution < -0.4 is 10.2 Å². The molecule has 0 aromatic heterocycles. The number of ether oxygens (including phenoxy) is 2. The Kier molecular flexibility index (Phi) is 5.69.